The standard InChI is InChI=1S/C16H19N3O/c17-10-12(16(20)19-13-5-6-13)9-11-7-8-18-15-4-2-1-3-14(11)15/h1-4,7-8,12-13H,5-6,9-10,17H2,(H,19,20). The second-order valence-corrected chi connectivity index (χ2v) is 5.41. The van der Waals surface area contributed by atoms with E-state index in [4.69, 9.17) is 5.73 Å². The smallest absolute Gasteiger partial charge is 0.224 e. The maximum Gasteiger partial charge on any atom is 0.224 e. The van der Waals surface area contributed by atoms with Gasteiger partial charge in [0.25, 0.3) is 0 Å². The number of aromatic nitrogens is 1. The number of benzene rings is 1. The lowest BCUT2D eigenvalue weighted by Crippen LogP contribution is -2.37. The first kappa shape index (κ1) is 13.1. The normalized spacial score (nSPS) is 16.1. The van der Waals surface area contributed by atoms with Crippen molar-refractivity contribution in [3.05, 3.63) is 42.1 Å². The van der Waals surface area contributed by atoms with E-state index in [9.17, 15) is 4.79 Å². The quantitative estimate of drug-likeness (QED) is 0.867. The Balaban J connectivity index is 1.81. The highest BCUT2D eigenvalue weighted by atomic mass is 16.2. The van der Waals surface area contributed by atoms with E-state index in [1.54, 1.807) is 6.20 Å². The number of nitrogens with zero attached hydrogens (tertiary/aromatic N) is 1. The molecular formula is C16H19N3O. The Morgan fingerprint density at radius 3 is 2.90 bits per heavy atom. The minimum absolute atomic E-state index is 0.0795. The van der Waals surface area contributed by atoms with E-state index in [1.165, 1.54) is 0 Å². The summed E-state index contributed by atoms with van der Waals surface area (Å²) in [7, 11) is 0. The number of hydrogen-bond donors (Lipinski definition) is 2. The monoisotopic (exact) mass is 269 g/mol. The number of nitrogens with one attached hydrogen (secondary N) is 1. The summed E-state index contributed by atoms with van der Waals surface area (Å²) in [5, 5.41) is 4.14. The molecule has 1 fully saturated rings. The van der Waals surface area contributed by atoms with Crippen LogP contribution in [-0.2, 0) is 11.2 Å². The lowest BCUT2D eigenvalue weighted by Gasteiger charge is -2.15. The van der Waals surface area contributed by atoms with E-state index in [1.807, 2.05) is 30.3 Å². The Labute approximate surface area is 118 Å². The fraction of sp³-hybridized carbons (Fsp3) is 0.375. The molecule has 1 amide bonds. The highest BCUT2D eigenvalue weighted by Crippen LogP contribution is 2.22. The topological polar surface area (TPSA) is 68.0 Å². The molecule has 1 unspecified atom stereocenters. The number of para-hydroxylation sites is 1. The first-order chi connectivity index (χ1) is 9.78. The molecule has 0 spiro atoms. The van der Waals surface area contributed by atoms with Crippen molar-refractivity contribution in [1.82, 2.24) is 10.3 Å². The summed E-state index contributed by atoms with van der Waals surface area (Å²) in [5.74, 6) is -0.0858. The largest absolute Gasteiger partial charge is 0.353 e. The number of nitrogens with two attached hydrogens (primary N) is 1. The second kappa shape index (κ2) is 5.59. The third-order valence-electron chi connectivity index (χ3n) is 3.78. The van der Waals surface area contributed by atoms with Crippen LogP contribution in [0.15, 0.2) is 36.5 Å². The molecule has 2 aromatic rings. The highest BCUT2D eigenvalue weighted by Gasteiger charge is 2.27. The van der Waals surface area contributed by atoms with Crippen LogP contribution in [0.1, 0.15) is 18.4 Å². The van der Waals surface area contributed by atoms with Crippen molar-refractivity contribution < 1.29 is 4.79 Å². The summed E-state index contributed by atoms with van der Waals surface area (Å²) in [6.07, 6.45) is 4.66. The number of fused-ring (bicyclic) bond motifs is 1. The summed E-state index contributed by atoms with van der Waals surface area (Å²) in [4.78, 5) is 16.5. The summed E-state index contributed by atoms with van der Waals surface area (Å²) < 4.78 is 0. The minimum Gasteiger partial charge on any atom is -0.353 e. The number of rotatable bonds is 5. The third kappa shape index (κ3) is 2.80. The molecule has 3 rings (SSSR count). The van der Waals surface area contributed by atoms with Gasteiger partial charge in [0, 0.05) is 24.2 Å². The fourth-order valence-corrected chi connectivity index (χ4v) is 2.43. The second-order valence-electron chi connectivity index (χ2n) is 5.41. The Bertz CT molecular complexity index is 617. The fourth-order valence-electron chi connectivity index (χ4n) is 2.43. The van der Waals surface area contributed by atoms with E-state index >= 15 is 0 Å². The van der Waals surface area contributed by atoms with E-state index in [0.29, 0.717) is 19.0 Å². The van der Waals surface area contributed by atoms with Gasteiger partial charge in [-0.25, -0.2) is 0 Å². The average Bonchev–Trinajstić information content (AvgIpc) is 3.28. The van der Waals surface area contributed by atoms with Crippen LogP contribution >= 0.6 is 0 Å². The molecule has 1 aliphatic carbocycles. The SMILES string of the molecule is NCC(Cc1ccnc2ccccc12)C(=O)NC1CC1. The maximum absolute atomic E-state index is 12.2. The van der Waals surface area contributed by atoms with Crippen LogP contribution in [-0.4, -0.2) is 23.5 Å². The number of pyridine rings is 1. The summed E-state index contributed by atoms with van der Waals surface area (Å²) >= 11 is 0. The number of amides is 1. The summed E-state index contributed by atoms with van der Waals surface area (Å²) in [6.45, 7) is 0.370. The molecule has 4 nitrogen and oxygen atoms in total. The van der Waals surface area contributed by atoms with Crippen molar-refractivity contribution in [3.63, 3.8) is 0 Å². The van der Waals surface area contributed by atoms with Gasteiger partial charge in [-0.2, -0.15) is 0 Å². The molecule has 20 heavy (non-hydrogen) atoms. The molecular weight excluding hydrogens is 250 g/mol. The molecule has 0 saturated heterocycles. The number of carbonyl (C=O) groups is 1. The van der Waals surface area contributed by atoms with Crippen molar-refractivity contribution >= 4 is 16.8 Å². The molecule has 1 saturated carbocycles. The Hall–Kier alpha value is -1.94. The molecule has 1 atom stereocenters. The molecule has 1 heterocycles. The van der Waals surface area contributed by atoms with Crippen molar-refractivity contribution in [2.45, 2.75) is 25.3 Å². The first-order valence-electron chi connectivity index (χ1n) is 7.11. The van der Waals surface area contributed by atoms with Gasteiger partial charge in [0.2, 0.25) is 5.91 Å². The molecule has 1 aliphatic rings. The molecule has 0 aliphatic heterocycles. The van der Waals surface area contributed by atoms with Crippen molar-refractivity contribution in [3.8, 4) is 0 Å². The van der Waals surface area contributed by atoms with Crippen LogP contribution < -0.4 is 11.1 Å². The average molecular weight is 269 g/mol. The van der Waals surface area contributed by atoms with Crippen LogP contribution in [0.2, 0.25) is 0 Å². The van der Waals surface area contributed by atoms with E-state index in [-0.39, 0.29) is 11.8 Å². The Morgan fingerprint density at radius 2 is 2.15 bits per heavy atom. The molecule has 0 radical (unpaired) electrons. The van der Waals surface area contributed by atoms with Crippen molar-refractivity contribution in [2.75, 3.05) is 6.54 Å². The van der Waals surface area contributed by atoms with E-state index < -0.39 is 0 Å². The zero-order valence-corrected chi connectivity index (χ0v) is 11.4. The van der Waals surface area contributed by atoms with Gasteiger partial charge in [-0.15, -0.1) is 0 Å². The predicted octanol–water partition coefficient (Wildman–Crippen LogP) is 1.63. The minimum atomic E-state index is -0.165. The van der Waals surface area contributed by atoms with E-state index in [0.717, 1.165) is 29.3 Å². The zero-order chi connectivity index (χ0) is 13.9. The first-order valence-corrected chi connectivity index (χ1v) is 7.11. The maximum atomic E-state index is 12.2. The summed E-state index contributed by atoms with van der Waals surface area (Å²) in [5.41, 5.74) is 7.88. The molecule has 4 heteroatoms. The van der Waals surface area contributed by atoms with Gasteiger partial charge in [0.15, 0.2) is 0 Å². The molecule has 1 aromatic carbocycles. The van der Waals surface area contributed by atoms with Crippen LogP contribution in [0.3, 0.4) is 0 Å². The predicted molar refractivity (Wildman–Crippen MR) is 79.2 cm³/mol. The van der Waals surface area contributed by atoms with Crippen LogP contribution in [0.25, 0.3) is 10.9 Å². The van der Waals surface area contributed by atoms with E-state index in [2.05, 4.69) is 10.3 Å². The van der Waals surface area contributed by atoms with Gasteiger partial charge in [-0.1, -0.05) is 18.2 Å². The molecule has 0 bridgehead atoms. The van der Waals surface area contributed by atoms with Crippen LogP contribution in [0.5, 0.6) is 0 Å². The molecule has 1 aromatic heterocycles. The Kier molecular flexibility index (Phi) is 3.65. The van der Waals surface area contributed by atoms with Crippen LogP contribution in [0.4, 0.5) is 0 Å². The number of hydrogen-bond acceptors (Lipinski definition) is 3. The molecule has 104 valence electrons. The van der Waals surface area contributed by atoms with Crippen molar-refractivity contribution in [2.24, 2.45) is 11.7 Å². The number of carbonyl (C=O) groups excluding carboxylic acids is 1. The van der Waals surface area contributed by atoms with Crippen molar-refractivity contribution in [1.29, 1.82) is 0 Å². The van der Waals surface area contributed by atoms with Gasteiger partial charge < -0.3 is 11.1 Å². The zero-order valence-electron chi connectivity index (χ0n) is 11.4. The Morgan fingerprint density at radius 1 is 1.35 bits per heavy atom. The van der Waals surface area contributed by atoms with Gasteiger partial charge >= 0.3 is 0 Å². The summed E-state index contributed by atoms with van der Waals surface area (Å²) in [6, 6.07) is 10.4. The lowest BCUT2D eigenvalue weighted by molar-refractivity contribution is -0.124. The highest BCUT2D eigenvalue weighted by molar-refractivity contribution is 5.84. The van der Waals surface area contributed by atoms with Gasteiger partial charge in [-0.3, -0.25) is 9.78 Å². The van der Waals surface area contributed by atoms with Crippen LogP contribution in [0, 0.1) is 5.92 Å². The van der Waals surface area contributed by atoms with Gasteiger partial charge in [-0.05, 0) is 37.0 Å². The van der Waals surface area contributed by atoms with Gasteiger partial charge in [0.05, 0.1) is 11.4 Å². The molecule has 3 N–H and O–H groups in total. The lowest BCUT2D eigenvalue weighted by atomic mass is 9.96. The third-order valence-corrected chi connectivity index (χ3v) is 3.78. The van der Waals surface area contributed by atoms with Gasteiger partial charge in [0.1, 0.15) is 0 Å².